The summed E-state index contributed by atoms with van der Waals surface area (Å²) >= 11 is 3.69. The summed E-state index contributed by atoms with van der Waals surface area (Å²) in [5.41, 5.74) is 0.0234. The molecule has 2 saturated heterocycles. The molecule has 4 nitrogen and oxygen atoms in total. The Labute approximate surface area is 143 Å². The quantitative estimate of drug-likeness (QED) is 0.533. The van der Waals surface area contributed by atoms with Crippen molar-refractivity contribution in [1.82, 2.24) is 4.90 Å². The summed E-state index contributed by atoms with van der Waals surface area (Å²) in [7, 11) is -1.78. The van der Waals surface area contributed by atoms with Gasteiger partial charge in [0.1, 0.15) is 6.10 Å². The minimum atomic E-state index is -1.78. The summed E-state index contributed by atoms with van der Waals surface area (Å²) in [5, 5.41) is 0.200. The molecule has 0 aromatic rings. The van der Waals surface area contributed by atoms with Gasteiger partial charge in [-0.05, 0) is 37.4 Å². The second kappa shape index (κ2) is 5.21. The van der Waals surface area contributed by atoms with Gasteiger partial charge in [0.25, 0.3) is 0 Å². The number of rotatable bonds is 3. The number of ether oxygens (including phenoxy) is 1. The van der Waals surface area contributed by atoms with Crippen molar-refractivity contribution in [2.75, 3.05) is 6.61 Å². The molecule has 3 rings (SSSR count). The van der Waals surface area contributed by atoms with Gasteiger partial charge in [-0.15, -0.1) is 0 Å². The molecule has 126 valence electrons. The van der Waals surface area contributed by atoms with Crippen molar-refractivity contribution in [3.05, 3.63) is 0 Å². The Bertz CT molecular complexity index is 475. The highest BCUT2D eigenvalue weighted by atomic mass is 79.9. The summed E-state index contributed by atoms with van der Waals surface area (Å²) in [5.74, 6) is 0. The first-order valence-corrected chi connectivity index (χ1v) is 12.2. The van der Waals surface area contributed by atoms with E-state index in [2.05, 4.69) is 49.8 Å². The molecule has 1 saturated carbocycles. The van der Waals surface area contributed by atoms with Gasteiger partial charge in [0.2, 0.25) is 0 Å². The fourth-order valence-corrected chi connectivity index (χ4v) is 5.82. The lowest BCUT2D eigenvalue weighted by molar-refractivity contribution is -0.00896. The zero-order valence-electron chi connectivity index (χ0n) is 14.3. The highest BCUT2D eigenvalue weighted by molar-refractivity contribution is 9.09. The van der Waals surface area contributed by atoms with Crippen molar-refractivity contribution >= 4 is 30.3 Å². The normalized spacial score (nSPS) is 38.2. The van der Waals surface area contributed by atoms with E-state index < -0.39 is 8.32 Å². The summed E-state index contributed by atoms with van der Waals surface area (Å²) in [6, 6.07) is 0.181. The maximum absolute atomic E-state index is 12.4. The second-order valence-electron chi connectivity index (χ2n) is 8.70. The average Bonchev–Trinajstić information content (AvgIpc) is 2.85. The fraction of sp³-hybridized carbons (Fsp3) is 0.938. The number of halogens is 1. The number of fused-ring (bicyclic) bond motifs is 1. The van der Waals surface area contributed by atoms with Crippen LogP contribution in [0.5, 0.6) is 0 Å². The molecule has 3 aliphatic rings. The Morgan fingerprint density at radius 3 is 2.73 bits per heavy atom. The van der Waals surface area contributed by atoms with E-state index in [1.165, 1.54) is 0 Å². The topological polar surface area (TPSA) is 38.8 Å². The van der Waals surface area contributed by atoms with E-state index in [1.807, 2.05) is 4.90 Å². The van der Waals surface area contributed by atoms with E-state index in [1.54, 1.807) is 0 Å². The van der Waals surface area contributed by atoms with Gasteiger partial charge in [-0.25, -0.2) is 4.79 Å². The molecule has 0 aromatic heterocycles. The molecule has 4 atom stereocenters. The number of nitrogens with zero attached hydrogens (tertiary/aromatic N) is 1. The van der Waals surface area contributed by atoms with Crippen LogP contribution in [0.2, 0.25) is 18.1 Å². The van der Waals surface area contributed by atoms with E-state index >= 15 is 0 Å². The highest BCUT2D eigenvalue weighted by Gasteiger charge is 2.60. The molecule has 2 aliphatic heterocycles. The third-order valence-corrected chi connectivity index (χ3v) is 11.7. The van der Waals surface area contributed by atoms with E-state index in [0.717, 1.165) is 25.7 Å². The Morgan fingerprint density at radius 2 is 2.09 bits per heavy atom. The third-order valence-electron chi connectivity index (χ3n) is 6.27. The molecular weight excluding hydrogens is 362 g/mol. The van der Waals surface area contributed by atoms with Crippen molar-refractivity contribution in [1.29, 1.82) is 0 Å². The van der Waals surface area contributed by atoms with Gasteiger partial charge < -0.3 is 9.16 Å². The lowest BCUT2D eigenvalue weighted by Gasteiger charge is -2.42. The average molecular weight is 390 g/mol. The first-order valence-electron chi connectivity index (χ1n) is 8.34. The monoisotopic (exact) mass is 389 g/mol. The molecule has 1 amide bonds. The smallest absolute Gasteiger partial charge is 0.410 e. The maximum Gasteiger partial charge on any atom is 0.410 e. The molecule has 6 heteroatoms. The van der Waals surface area contributed by atoms with Crippen LogP contribution in [-0.2, 0) is 9.16 Å². The van der Waals surface area contributed by atoms with Gasteiger partial charge in [0, 0.05) is 6.42 Å². The minimum absolute atomic E-state index is 0.0234. The molecule has 2 bridgehead atoms. The second-order valence-corrected chi connectivity index (χ2v) is 14.7. The summed E-state index contributed by atoms with van der Waals surface area (Å²) in [6.07, 6.45) is 4.05. The number of hydrogen-bond acceptors (Lipinski definition) is 3. The van der Waals surface area contributed by atoms with Crippen LogP contribution in [0.25, 0.3) is 0 Å². The maximum atomic E-state index is 12.4. The SMILES string of the molecule is CC(C)(C)[Si](C)(C)OC[C@@H]1CC[C@]23C[C@H](OC(=O)N12)[C@@H](Br)C3. The fourth-order valence-electron chi connectivity index (χ4n) is 3.88. The Hall–Kier alpha value is -0.0731. The van der Waals surface area contributed by atoms with Gasteiger partial charge in [-0.1, -0.05) is 36.7 Å². The number of hydrogen-bond donors (Lipinski definition) is 0. The van der Waals surface area contributed by atoms with Crippen molar-refractivity contribution in [3.8, 4) is 0 Å². The molecule has 0 radical (unpaired) electrons. The van der Waals surface area contributed by atoms with Crippen LogP contribution < -0.4 is 0 Å². The predicted molar refractivity (Wildman–Crippen MR) is 93.0 cm³/mol. The van der Waals surface area contributed by atoms with Gasteiger partial charge >= 0.3 is 6.09 Å². The van der Waals surface area contributed by atoms with E-state index in [0.29, 0.717) is 11.4 Å². The Kier molecular flexibility index (Phi) is 3.97. The van der Waals surface area contributed by atoms with Crippen molar-refractivity contribution in [2.45, 2.75) is 87.1 Å². The zero-order valence-corrected chi connectivity index (χ0v) is 16.9. The Balaban J connectivity index is 1.71. The lowest BCUT2D eigenvalue weighted by atomic mass is 9.94. The Morgan fingerprint density at radius 1 is 1.41 bits per heavy atom. The molecule has 0 N–H and O–H groups in total. The molecule has 1 aliphatic carbocycles. The molecule has 22 heavy (non-hydrogen) atoms. The first kappa shape index (κ1) is 16.8. The zero-order chi connectivity index (χ0) is 16.3. The van der Waals surface area contributed by atoms with Crippen LogP contribution in [0.15, 0.2) is 0 Å². The van der Waals surface area contributed by atoms with Crippen LogP contribution in [0.3, 0.4) is 0 Å². The van der Waals surface area contributed by atoms with Crippen LogP contribution in [-0.4, -0.2) is 48.4 Å². The first-order chi connectivity index (χ1) is 10.1. The number of carbonyl (C=O) groups is 1. The van der Waals surface area contributed by atoms with Gasteiger partial charge in [-0.2, -0.15) is 0 Å². The van der Waals surface area contributed by atoms with Crippen LogP contribution in [0.4, 0.5) is 4.79 Å². The van der Waals surface area contributed by atoms with E-state index in [9.17, 15) is 4.79 Å². The third kappa shape index (κ3) is 2.55. The van der Waals surface area contributed by atoms with Crippen molar-refractivity contribution in [3.63, 3.8) is 0 Å². The number of amides is 1. The van der Waals surface area contributed by atoms with E-state index in [-0.39, 0.29) is 28.8 Å². The van der Waals surface area contributed by atoms with Crippen LogP contribution in [0.1, 0.15) is 46.5 Å². The molecule has 2 heterocycles. The number of alkyl halides is 1. The molecular formula is C16H28BrNO3Si. The van der Waals surface area contributed by atoms with Crippen LogP contribution in [0, 0.1) is 0 Å². The predicted octanol–water partition coefficient (Wildman–Crippen LogP) is 4.29. The molecule has 1 spiro atoms. The van der Waals surface area contributed by atoms with Crippen LogP contribution >= 0.6 is 15.9 Å². The summed E-state index contributed by atoms with van der Waals surface area (Å²) in [4.78, 5) is 14.8. The minimum Gasteiger partial charge on any atom is -0.445 e. The van der Waals surface area contributed by atoms with Gasteiger partial charge in [-0.3, -0.25) is 4.90 Å². The molecule has 0 unspecified atom stereocenters. The molecule has 0 aromatic carbocycles. The van der Waals surface area contributed by atoms with Crippen molar-refractivity contribution in [2.24, 2.45) is 0 Å². The summed E-state index contributed by atoms with van der Waals surface area (Å²) in [6.45, 7) is 12.0. The highest BCUT2D eigenvalue weighted by Crippen LogP contribution is 2.52. The summed E-state index contributed by atoms with van der Waals surface area (Å²) < 4.78 is 12.0. The lowest BCUT2D eigenvalue weighted by Crippen LogP contribution is -2.55. The number of carbonyl (C=O) groups excluding carboxylic acids is 1. The van der Waals surface area contributed by atoms with Crippen molar-refractivity contribution < 1.29 is 14.0 Å². The largest absolute Gasteiger partial charge is 0.445 e. The van der Waals surface area contributed by atoms with Gasteiger partial charge in [0.15, 0.2) is 8.32 Å². The van der Waals surface area contributed by atoms with E-state index in [4.69, 9.17) is 9.16 Å². The molecule has 3 fully saturated rings. The van der Waals surface area contributed by atoms with Gasteiger partial charge in [0.05, 0.1) is 23.0 Å². The standard InChI is InChI=1S/C16H28BrNO3Si/c1-15(2,3)22(4,5)20-10-11-6-7-16-8-12(17)13(9-16)21-14(19)18(11)16/h11-13H,6-10H2,1-5H3/t11-,12-,13-,16-/m0/s1.